The van der Waals surface area contributed by atoms with Crippen LogP contribution in [-0.4, -0.2) is 42.2 Å². The van der Waals surface area contributed by atoms with Crippen molar-refractivity contribution in [1.82, 2.24) is 15.2 Å². The van der Waals surface area contributed by atoms with Gasteiger partial charge in [-0.15, -0.1) is 0 Å². The molecule has 1 aromatic heterocycles. The normalized spacial score (nSPS) is 12.2. The van der Waals surface area contributed by atoms with Gasteiger partial charge in [-0.25, -0.2) is 0 Å². The van der Waals surface area contributed by atoms with Gasteiger partial charge in [0.1, 0.15) is 5.69 Å². The van der Waals surface area contributed by atoms with Crippen LogP contribution in [0.15, 0.2) is 30.3 Å². The molecule has 0 saturated heterocycles. The molecule has 0 unspecified atom stereocenters. The largest absolute Gasteiger partial charge is 0.354 e. The van der Waals surface area contributed by atoms with Crippen LogP contribution < -0.4 is 5.32 Å². The van der Waals surface area contributed by atoms with Gasteiger partial charge in [0.25, 0.3) is 5.91 Å². The SMILES string of the molecule is CC(=O)c1c(C)[nH]c(C(=O)NC[C@H](c2ccccc2)N(C)C)c1C. The smallest absolute Gasteiger partial charge is 0.268 e. The summed E-state index contributed by atoms with van der Waals surface area (Å²) < 4.78 is 0. The minimum absolute atomic E-state index is 0.0317. The first kappa shape index (κ1) is 17.9. The number of benzene rings is 1. The van der Waals surface area contributed by atoms with Crippen molar-refractivity contribution < 1.29 is 9.59 Å². The van der Waals surface area contributed by atoms with Crippen molar-refractivity contribution in [3.05, 3.63) is 58.4 Å². The van der Waals surface area contributed by atoms with Crippen molar-refractivity contribution >= 4 is 11.7 Å². The topological polar surface area (TPSA) is 65.2 Å². The fraction of sp³-hybridized carbons (Fsp3) is 0.368. The molecule has 2 aromatic rings. The molecule has 1 aromatic carbocycles. The van der Waals surface area contributed by atoms with Crippen molar-refractivity contribution in [2.75, 3.05) is 20.6 Å². The summed E-state index contributed by atoms with van der Waals surface area (Å²) in [6.45, 7) is 5.62. The number of hydrogen-bond acceptors (Lipinski definition) is 3. The van der Waals surface area contributed by atoms with Crippen LogP contribution in [0.3, 0.4) is 0 Å². The minimum Gasteiger partial charge on any atom is -0.354 e. The Balaban J connectivity index is 2.15. The van der Waals surface area contributed by atoms with E-state index in [0.717, 1.165) is 11.3 Å². The highest BCUT2D eigenvalue weighted by molar-refractivity contribution is 6.02. The van der Waals surface area contributed by atoms with Gasteiger partial charge >= 0.3 is 0 Å². The maximum Gasteiger partial charge on any atom is 0.268 e. The molecule has 1 heterocycles. The molecule has 24 heavy (non-hydrogen) atoms. The number of likely N-dealkylation sites (N-methyl/N-ethyl adjacent to an activating group) is 1. The first-order chi connectivity index (χ1) is 11.3. The van der Waals surface area contributed by atoms with Crippen LogP contribution in [0.1, 0.15) is 50.6 Å². The number of aromatic nitrogens is 1. The minimum atomic E-state index is -0.189. The Morgan fingerprint density at radius 2 is 1.79 bits per heavy atom. The van der Waals surface area contributed by atoms with Gasteiger partial charge in [0.2, 0.25) is 0 Å². The van der Waals surface area contributed by atoms with Crippen LogP contribution in [-0.2, 0) is 0 Å². The van der Waals surface area contributed by atoms with E-state index < -0.39 is 0 Å². The number of H-pyrrole nitrogens is 1. The van der Waals surface area contributed by atoms with Crippen LogP contribution >= 0.6 is 0 Å². The molecule has 5 nitrogen and oxygen atoms in total. The zero-order valence-corrected chi connectivity index (χ0v) is 14.9. The number of carbonyl (C=O) groups is 2. The van der Waals surface area contributed by atoms with E-state index in [2.05, 4.69) is 27.3 Å². The van der Waals surface area contributed by atoms with Gasteiger partial charge in [-0.2, -0.15) is 0 Å². The molecule has 5 heteroatoms. The van der Waals surface area contributed by atoms with Gasteiger partial charge in [0.15, 0.2) is 5.78 Å². The van der Waals surface area contributed by atoms with Gasteiger partial charge in [0, 0.05) is 17.8 Å². The van der Waals surface area contributed by atoms with Crippen molar-refractivity contribution in [2.45, 2.75) is 26.8 Å². The second-order valence-electron chi connectivity index (χ2n) is 6.28. The van der Waals surface area contributed by atoms with E-state index in [1.54, 1.807) is 6.92 Å². The van der Waals surface area contributed by atoms with Crippen molar-refractivity contribution in [1.29, 1.82) is 0 Å². The number of nitrogens with zero attached hydrogens (tertiary/aromatic N) is 1. The van der Waals surface area contributed by atoms with E-state index in [9.17, 15) is 9.59 Å². The lowest BCUT2D eigenvalue weighted by Crippen LogP contribution is -2.35. The molecule has 0 aliphatic carbocycles. The zero-order chi connectivity index (χ0) is 17.9. The third-order valence-corrected chi connectivity index (χ3v) is 4.28. The highest BCUT2D eigenvalue weighted by Crippen LogP contribution is 2.20. The Morgan fingerprint density at radius 1 is 1.17 bits per heavy atom. The zero-order valence-electron chi connectivity index (χ0n) is 14.9. The summed E-state index contributed by atoms with van der Waals surface area (Å²) in [7, 11) is 3.98. The molecule has 0 saturated carbocycles. The Bertz CT molecular complexity index is 733. The number of aromatic amines is 1. The monoisotopic (exact) mass is 327 g/mol. The van der Waals surface area contributed by atoms with E-state index >= 15 is 0 Å². The van der Waals surface area contributed by atoms with E-state index in [0.29, 0.717) is 23.4 Å². The fourth-order valence-electron chi connectivity index (χ4n) is 3.06. The standard InChI is InChI=1S/C19H25N3O2/c1-12-17(14(3)23)13(2)21-18(12)19(24)20-11-16(22(4)5)15-9-7-6-8-10-15/h6-10,16,21H,11H2,1-5H3,(H,20,24)/t16-/m1/s1. The van der Waals surface area contributed by atoms with Crippen molar-refractivity contribution in [3.63, 3.8) is 0 Å². The molecule has 2 N–H and O–H groups in total. The van der Waals surface area contributed by atoms with E-state index in [-0.39, 0.29) is 17.7 Å². The molecular formula is C19H25N3O2. The number of ketones is 1. The molecule has 0 fully saturated rings. The molecule has 128 valence electrons. The Hall–Kier alpha value is -2.40. The van der Waals surface area contributed by atoms with Gasteiger partial charge in [0.05, 0.1) is 6.04 Å². The molecule has 0 radical (unpaired) electrons. The Morgan fingerprint density at radius 3 is 2.29 bits per heavy atom. The summed E-state index contributed by atoms with van der Waals surface area (Å²) in [6, 6.07) is 10.1. The molecule has 0 aliphatic rings. The molecule has 1 atom stereocenters. The van der Waals surface area contributed by atoms with Crippen molar-refractivity contribution in [3.8, 4) is 0 Å². The number of Topliss-reactive ketones (excluding diaryl/α,β-unsaturated/α-hetero) is 1. The number of carbonyl (C=O) groups excluding carboxylic acids is 2. The average molecular weight is 327 g/mol. The fourth-order valence-corrected chi connectivity index (χ4v) is 3.06. The van der Waals surface area contributed by atoms with Crippen LogP contribution in [0.5, 0.6) is 0 Å². The summed E-state index contributed by atoms with van der Waals surface area (Å²) in [5.74, 6) is -0.221. The predicted octanol–water partition coefficient (Wildman–Crippen LogP) is 2.87. The summed E-state index contributed by atoms with van der Waals surface area (Å²) >= 11 is 0. The quantitative estimate of drug-likeness (QED) is 0.802. The first-order valence-electron chi connectivity index (χ1n) is 8.02. The summed E-state index contributed by atoms with van der Waals surface area (Å²) in [5.41, 5.74) is 3.65. The van der Waals surface area contributed by atoms with E-state index in [1.807, 2.05) is 39.2 Å². The number of nitrogens with one attached hydrogen (secondary N) is 2. The maximum atomic E-state index is 12.5. The molecule has 1 amide bonds. The molecule has 2 rings (SSSR count). The van der Waals surface area contributed by atoms with Crippen LogP contribution in [0.2, 0.25) is 0 Å². The summed E-state index contributed by atoms with van der Waals surface area (Å²) in [5, 5.41) is 2.98. The lowest BCUT2D eigenvalue weighted by atomic mass is 10.1. The second kappa shape index (κ2) is 7.45. The Kier molecular flexibility index (Phi) is 5.57. The van der Waals surface area contributed by atoms with Gasteiger partial charge in [-0.1, -0.05) is 30.3 Å². The van der Waals surface area contributed by atoms with Gasteiger partial charge in [-0.3, -0.25) is 9.59 Å². The van der Waals surface area contributed by atoms with Gasteiger partial charge in [-0.05, 0) is 46.0 Å². The predicted molar refractivity (Wildman–Crippen MR) is 95.5 cm³/mol. The van der Waals surface area contributed by atoms with Crippen LogP contribution in [0.25, 0.3) is 0 Å². The van der Waals surface area contributed by atoms with Crippen LogP contribution in [0, 0.1) is 13.8 Å². The lowest BCUT2D eigenvalue weighted by molar-refractivity contribution is 0.0936. The first-order valence-corrected chi connectivity index (χ1v) is 8.02. The summed E-state index contributed by atoms with van der Waals surface area (Å²) in [4.78, 5) is 29.4. The molecule has 0 aliphatic heterocycles. The highest BCUT2D eigenvalue weighted by atomic mass is 16.2. The third kappa shape index (κ3) is 3.74. The molecular weight excluding hydrogens is 302 g/mol. The third-order valence-electron chi connectivity index (χ3n) is 4.28. The average Bonchev–Trinajstić information content (AvgIpc) is 2.83. The number of aryl methyl sites for hydroxylation is 1. The number of rotatable bonds is 6. The van der Waals surface area contributed by atoms with Crippen LogP contribution in [0.4, 0.5) is 0 Å². The number of amides is 1. The van der Waals surface area contributed by atoms with E-state index in [1.165, 1.54) is 6.92 Å². The number of hydrogen-bond donors (Lipinski definition) is 2. The lowest BCUT2D eigenvalue weighted by Gasteiger charge is -2.25. The molecule has 0 spiro atoms. The highest BCUT2D eigenvalue weighted by Gasteiger charge is 2.21. The van der Waals surface area contributed by atoms with Gasteiger partial charge < -0.3 is 15.2 Å². The maximum absolute atomic E-state index is 12.5. The second-order valence-corrected chi connectivity index (χ2v) is 6.28. The summed E-state index contributed by atoms with van der Waals surface area (Å²) in [6.07, 6.45) is 0. The van der Waals surface area contributed by atoms with Crippen molar-refractivity contribution in [2.24, 2.45) is 0 Å². The van der Waals surface area contributed by atoms with E-state index in [4.69, 9.17) is 0 Å². The molecule has 0 bridgehead atoms. The Labute approximate surface area is 143 Å².